The van der Waals surface area contributed by atoms with Gasteiger partial charge in [-0.2, -0.15) is 0 Å². The third kappa shape index (κ3) is 4.77. The second-order valence-corrected chi connectivity index (χ2v) is 9.69. The molecule has 174 valence electrons. The predicted molar refractivity (Wildman–Crippen MR) is 119 cm³/mol. The second kappa shape index (κ2) is 9.49. The maximum absolute atomic E-state index is 11.2. The highest BCUT2D eigenvalue weighted by Gasteiger charge is 2.41. The minimum absolute atomic E-state index is 0.154. The second-order valence-electron chi connectivity index (χ2n) is 9.69. The van der Waals surface area contributed by atoms with Crippen molar-refractivity contribution in [3.63, 3.8) is 0 Å². The first kappa shape index (κ1) is 24.1. The molecule has 1 aromatic rings. The van der Waals surface area contributed by atoms with Crippen molar-refractivity contribution < 1.29 is 29.9 Å². The van der Waals surface area contributed by atoms with E-state index in [1.165, 1.54) is 16.7 Å². The summed E-state index contributed by atoms with van der Waals surface area (Å²) >= 11 is 0. The fraction of sp³-hybridized carbons (Fsp3) is 0.680. The summed E-state index contributed by atoms with van der Waals surface area (Å²) in [5, 5.41) is 38.9. The molecular weight excluding hydrogens is 396 g/mol. The molecule has 0 amide bonds. The zero-order chi connectivity index (χ0) is 23.0. The fourth-order valence-electron chi connectivity index (χ4n) is 5.42. The number of allylic oxidation sites excluding steroid dienone is 2. The Morgan fingerprint density at radius 1 is 1.10 bits per heavy atom. The Balaban J connectivity index is 2.05. The molecule has 0 spiro atoms. The normalized spacial score (nSPS) is 26.9. The van der Waals surface area contributed by atoms with Crippen LogP contribution < -0.4 is 4.74 Å². The summed E-state index contributed by atoms with van der Waals surface area (Å²) in [6.45, 7) is 12.1. The van der Waals surface area contributed by atoms with Gasteiger partial charge in [0.15, 0.2) is 24.1 Å². The Hall–Kier alpha value is -1.60. The minimum atomic E-state index is -1.87. The average molecular weight is 435 g/mol. The smallest absolute Gasteiger partial charge is 0.197 e. The van der Waals surface area contributed by atoms with Gasteiger partial charge in [-0.05, 0) is 81.4 Å². The molecule has 6 nitrogen and oxygen atoms in total. The SMILES string of the molecule is CC(C)=C[C@H]1C[C@@H](C)[C@@H]2CC[C@@H](C)c3c(OC(C)OCC(O)C(O)O)c(O)c(C)c1c32. The lowest BCUT2D eigenvalue weighted by Crippen LogP contribution is -2.33. The number of phenols is 1. The topological polar surface area (TPSA) is 99.4 Å². The summed E-state index contributed by atoms with van der Waals surface area (Å²) in [7, 11) is 0. The van der Waals surface area contributed by atoms with Crippen molar-refractivity contribution in [2.45, 2.75) is 97.2 Å². The first-order valence-electron chi connectivity index (χ1n) is 11.4. The minimum Gasteiger partial charge on any atom is -0.504 e. The molecule has 2 unspecified atom stereocenters. The van der Waals surface area contributed by atoms with Crippen LogP contribution in [-0.4, -0.2) is 45.7 Å². The van der Waals surface area contributed by atoms with Gasteiger partial charge in [0, 0.05) is 11.5 Å². The van der Waals surface area contributed by atoms with Crippen LogP contribution in [0.4, 0.5) is 0 Å². The zero-order valence-electron chi connectivity index (χ0n) is 19.6. The van der Waals surface area contributed by atoms with Gasteiger partial charge in [0.1, 0.15) is 6.10 Å². The zero-order valence-corrected chi connectivity index (χ0v) is 19.6. The van der Waals surface area contributed by atoms with Gasteiger partial charge in [-0.3, -0.25) is 0 Å². The number of phenolic OH excluding ortho intramolecular Hbond substituents is 1. The highest BCUT2D eigenvalue weighted by molar-refractivity contribution is 5.64. The lowest BCUT2D eigenvalue weighted by molar-refractivity contribution is -0.167. The number of aromatic hydroxyl groups is 1. The van der Waals surface area contributed by atoms with Crippen molar-refractivity contribution in [2.75, 3.05) is 6.61 Å². The molecule has 0 radical (unpaired) electrons. The van der Waals surface area contributed by atoms with E-state index < -0.39 is 18.7 Å². The Morgan fingerprint density at radius 2 is 1.77 bits per heavy atom. The standard InChI is InChI=1S/C25H38O6/c1-12(2)9-17-10-14(4)18-8-7-13(3)20-22(18)21(17)15(5)23(27)24(20)31-16(6)30-11-19(26)25(28)29/h9,13-14,16-19,25-29H,7-8,10-11H2,1-6H3/t13-,14-,16?,17+,18+,19?/m1/s1. The van der Waals surface area contributed by atoms with Crippen LogP contribution >= 0.6 is 0 Å². The van der Waals surface area contributed by atoms with E-state index in [4.69, 9.17) is 19.7 Å². The Morgan fingerprint density at radius 3 is 2.39 bits per heavy atom. The van der Waals surface area contributed by atoms with Crippen LogP contribution in [0.1, 0.15) is 93.9 Å². The molecule has 4 N–H and O–H groups in total. The first-order chi connectivity index (χ1) is 14.5. The third-order valence-electron chi connectivity index (χ3n) is 6.92. The molecule has 0 saturated heterocycles. The lowest BCUT2D eigenvalue weighted by Gasteiger charge is -2.43. The third-order valence-corrected chi connectivity index (χ3v) is 6.92. The van der Waals surface area contributed by atoms with E-state index >= 15 is 0 Å². The average Bonchev–Trinajstić information content (AvgIpc) is 2.68. The Labute approximate surface area is 185 Å². The first-order valence-corrected chi connectivity index (χ1v) is 11.4. The molecule has 0 fully saturated rings. The lowest BCUT2D eigenvalue weighted by atomic mass is 9.62. The summed E-state index contributed by atoms with van der Waals surface area (Å²) in [6, 6.07) is 0. The van der Waals surface area contributed by atoms with Crippen molar-refractivity contribution in [1.29, 1.82) is 0 Å². The summed E-state index contributed by atoms with van der Waals surface area (Å²) < 4.78 is 11.6. The monoisotopic (exact) mass is 434 g/mol. The number of aliphatic hydroxyl groups excluding tert-OH is 2. The van der Waals surface area contributed by atoms with Gasteiger partial charge >= 0.3 is 0 Å². The van der Waals surface area contributed by atoms with E-state index in [1.807, 2.05) is 6.92 Å². The van der Waals surface area contributed by atoms with Crippen molar-refractivity contribution in [1.82, 2.24) is 0 Å². The van der Waals surface area contributed by atoms with Crippen molar-refractivity contribution in [2.24, 2.45) is 5.92 Å². The molecule has 2 aliphatic carbocycles. The molecule has 3 rings (SSSR count). The number of hydrogen-bond acceptors (Lipinski definition) is 6. The summed E-state index contributed by atoms with van der Waals surface area (Å²) in [4.78, 5) is 0. The van der Waals surface area contributed by atoms with Crippen LogP contribution in [0.15, 0.2) is 11.6 Å². The van der Waals surface area contributed by atoms with E-state index in [2.05, 4.69) is 33.8 Å². The largest absolute Gasteiger partial charge is 0.504 e. The highest BCUT2D eigenvalue weighted by Crippen LogP contribution is 2.58. The molecule has 31 heavy (non-hydrogen) atoms. The molecule has 0 saturated carbocycles. The van der Waals surface area contributed by atoms with E-state index in [-0.39, 0.29) is 24.2 Å². The number of aliphatic hydroxyl groups is 3. The summed E-state index contributed by atoms with van der Waals surface area (Å²) in [6.07, 6.45) is 1.52. The fourth-order valence-corrected chi connectivity index (χ4v) is 5.42. The molecule has 0 bridgehead atoms. The molecule has 6 atom stereocenters. The predicted octanol–water partition coefficient (Wildman–Crippen LogP) is 4.18. The Kier molecular flexibility index (Phi) is 7.36. The van der Waals surface area contributed by atoms with Gasteiger partial charge in [-0.15, -0.1) is 0 Å². The van der Waals surface area contributed by atoms with E-state index in [0.29, 0.717) is 17.6 Å². The van der Waals surface area contributed by atoms with Crippen LogP contribution in [0, 0.1) is 12.8 Å². The maximum atomic E-state index is 11.2. The van der Waals surface area contributed by atoms with Gasteiger partial charge < -0.3 is 29.9 Å². The van der Waals surface area contributed by atoms with E-state index in [1.54, 1.807) is 6.92 Å². The van der Waals surface area contributed by atoms with Crippen LogP contribution in [0.3, 0.4) is 0 Å². The van der Waals surface area contributed by atoms with Crippen molar-refractivity contribution >= 4 is 0 Å². The Bertz CT molecular complexity index is 826. The van der Waals surface area contributed by atoms with Gasteiger partial charge in [-0.1, -0.05) is 25.5 Å². The van der Waals surface area contributed by atoms with Gasteiger partial charge in [0.2, 0.25) is 0 Å². The molecule has 2 aliphatic rings. The van der Waals surface area contributed by atoms with Crippen molar-refractivity contribution in [3.8, 4) is 11.5 Å². The van der Waals surface area contributed by atoms with Crippen LogP contribution in [0.25, 0.3) is 0 Å². The molecule has 0 aromatic heterocycles. The summed E-state index contributed by atoms with van der Waals surface area (Å²) in [5.41, 5.74) is 5.80. The quantitative estimate of drug-likeness (QED) is 0.379. The highest BCUT2D eigenvalue weighted by atomic mass is 16.7. The summed E-state index contributed by atoms with van der Waals surface area (Å²) in [5.74, 6) is 2.15. The van der Waals surface area contributed by atoms with Gasteiger partial charge in [0.05, 0.1) is 6.61 Å². The van der Waals surface area contributed by atoms with Gasteiger partial charge in [-0.25, -0.2) is 0 Å². The van der Waals surface area contributed by atoms with Crippen molar-refractivity contribution in [3.05, 3.63) is 33.9 Å². The van der Waals surface area contributed by atoms with E-state index in [9.17, 15) is 10.2 Å². The number of benzene rings is 1. The maximum Gasteiger partial charge on any atom is 0.197 e. The molecule has 6 heteroatoms. The number of rotatable bonds is 7. The van der Waals surface area contributed by atoms with E-state index in [0.717, 1.165) is 30.4 Å². The molecule has 0 aliphatic heterocycles. The molecule has 1 aromatic carbocycles. The van der Waals surface area contributed by atoms with Crippen LogP contribution in [-0.2, 0) is 4.74 Å². The van der Waals surface area contributed by atoms with Crippen LogP contribution in [0.5, 0.6) is 11.5 Å². The molecule has 0 heterocycles. The van der Waals surface area contributed by atoms with Gasteiger partial charge in [0.25, 0.3) is 0 Å². The van der Waals surface area contributed by atoms with Crippen LogP contribution in [0.2, 0.25) is 0 Å². The number of hydrogen-bond donors (Lipinski definition) is 4. The molecular formula is C25H38O6. The number of ether oxygens (including phenoxy) is 2.